The van der Waals surface area contributed by atoms with E-state index in [-0.39, 0.29) is 54.3 Å². The molecule has 11 nitrogen and oxygen atoms in total. The summed E-state index contributed by atoms with van der Waals surface area (Å²) in [5.41, 5.74) is 2.54. The molecule has 0 saturated carbocycles. The van der Waals surface area contributed by atoms with E-state index in [4.69, 9.17) is 23.7 Å². The van der Waals surface area contributed by atoms with Gasteiger partial charge in [-0.25, -0.2) is 0 Å². The van der Waals surface area contributed by atoms with E-state index in [1.807, 2.05) is 12.1 Å². The van der Waals surface area contributed by atoms with Gasteiger partial charge in [-0.1, -0.05) is 13.8 Å². The Hall–Kier alpha value is -3.25. The minimum absolute atomic E-state index is 0.0774. The van der Waals surface area contributed by atoms with Crippen molar-refractivity contribution >= 4 is 5.91 Å². The van der Waals surface area contributed by atoms with E-state index in [1.54, 1.807) is 12.1 Å². The molecule has 0 aromatic heterocycles. The zero-order chi connectivity index (χ0) is 29.8. The average Bonchev–Trinajstić information content (AvgIpc) is 3.62. The molecule has 2 aromatic rings. The minimum Gasteiger partial charge on any atom is -0.502 e. The fraction of sp³-hybridized carbons (Fsp3) is 0.581. The van der Waals surface area contributed by atoms with Gasteiger partial charge in [0.05, 0.1) is 26.9 Å². The molecule has 0 radical (unpaired) electrons. The van der Waals surface area contributed by atoms with Crippen LogP contribution in [0.5, 0.6) is 28.7 Å². The van der Waals surface area contributed by atoms with Gasteiger partial charge in [-0.3, -0.25) is 4.79 Å². The van der Waals surface area contributed by atoms with Crippen molar-refractivity contribution in [3.8, 4) is 28.7 Å². The van der Waals surface area contributed by atoms with Crippen LogP contribution in [0.25, 0.3) is 0 Å². The normalized spacial score (nSPS) is 23.9. The Morgan fingerprint density at radius 2 is 1.69 bits per heavy atom. The van der Waals surface area contributed by atoms with Crippen LogP contribution in [0.15, 0.2) is 24.3 Å². The summed E-state index contributed by atoms with van der Waals surface area (Å²) in [5, 5.41) is 28.3. The SMILES string of the molecule is CCN(CC)CCCNCCC(=O)N[C@@H]1c2cc3c(cc2[C@@H](c2cc(OC)c(O)c(OC)c2)[C@H]2C(O)OC[C@@H]21)OCO3. The first-order valence-electron chi connectivity index (χ1n) is 14.8. The van der Waals surface area contributed by atoms with E-state index in [0.717, 1.165) is 49.3 Å². The van der Waals surface area contributed by atoms with Gasteiger partial charge in [-0.15, -0.1) is 0 Å². The number of phenolic OH excluding ortho intramolecular Hbond substituents is 1. The third-order valence-corrected chi connectivity index (χ3v) is 8.77. The number of nitrogens with zero attached hydrogens (tertiary/aromatic N) is 1. The maximum atomic E-state index is 13.2. The maximum absolute atomic E-state index is 13.2. The molecule has 4 N–H and O–H groups in total. The molecule has 5 atom stereocenters. The van der Waals surface area contributed by atoms with Gasteiger partial charge in [-0.2, -0.15) is 0 Å². The molecule has 230 valence electrons. The first-order valence-corrected chi connectivity index (χ1v) is 14.8. The fourth-order valence-electron chi connectivity index (χ4n) is 6.54. The number of nitrogens with one attached hydrogen (secondary N) is 2. The van der Waals surface area contributed by atoms with E-state index < -0.39 is 12.3 Å². The summed E-state index contributed by atoms with van der Waals surface area (Å²) in [6.07, 6.45) is 0.300. The molecular formula is C31H43N3O8. The molecule has 1 aliphatic carbocycles. The van der Waals surface area contributed by atoms with Gasteiger partial charge in [0.15, 0.2) is 29.3 Å². The van der Waals surface area contributed by atoms with Crippen molar-refractivity contribution in [1.29, 1.82) is 0 Å². The predicted molar refractivity (Wildman–Crippen MR) is 155 cm³/mol. The van der Waals surface area contributed by atoms with E-state index in [0.29, 0.717) is 24.5 Å². The summed E-state index contributed by atoms with van der Waals surface area (Å²) >= 11 is 0. The second-order valence-corrected chi connectivity index (χ2v) is 11.0. The van der Waals surface area contributed by atoms with Crippen LogP contribution in [0, 0.1) is 11.8 Å². The molecule has 2 aliphatic heterocycles. The number of hydrogen-bond acceptors (Lipinski definition) is 10. The highest BCUT2D eigenvalue weighted by Crippen LogP contribution is 2.56. The van der Waals surface area contributed by atoms with Crippen LogP contribution in [0.3, 0.4) is 0 Å². The average molecular weight is 586 g/mol. The smallest absolute Gasteiger partial charge is 0.231 e. The molecule has 1 amide bonds. The van der Waals surface area contributed by atoms with Crippen LogP contribution in [0.4, 0.5) is 0 Å². The molecule has 1 fully saturated rings. The van der Waals surface area contributed by atoms with Crippen LogP contribution in [-0.2, 0) is 9.53 Å². The molecule has 2 heterocycles. The number of carbonyl (C=O) groups excluding carboxylic acids is 1. The van der Waals surface area contributed by atoms with Crippen molar-refractivity contribution in [3.05, 3.63) is 41.0 Å². The van der Waals surface area contributed by atoms with Crippen molar-refractivity contribution < 1.29 is 38.7 Å². The van der Waals surface area contributed by atoms with Crippen molar-refractivity contribution in [2.45, 2.75) is 44.9 Å². The molecule has 2 aromatic carbocycles. The number of benzene rings is 2. The quantitative estimate of drug-likeness (QED) is 0.260. The van der Waals surface area contributed by atoms with Gasteiger partial charge < -0.3 is 49.4 Å². The van der Waals surface area contributed by atoms with Crippen molar-refractivity contribution in [3.63, 3.8) is 0 Å². The standard InChI is InChI=1S/C31H43N3O8/c1-5-34(6-2)11-7-9-32-10-8-26(35)33-29-20-15-23-22(41-17-42-23)14-19(20)27(28-21(29)16-40-31(28)37)18-12-24(38-3)30(36)25(13-18)39-4/h12-15,21,27-29,31-32,36-37H,5-11,16-17H2,1-4H3,(H,33,35)/t21-,27+,28-,29+,31?/m0/s1. The van der Waals surface area contributed by atoms with Crippen molar-refractivity contribution in [2.75, 3.05) is 60.3 Å². The first kappa shape index (κ1) is 30.2. The zero-order valence-electron chi connectivity index (χ0n) is 24.9. The Labute approximate surface area is 247 Å². The summed E-state index contributed by atoms with van der Waals surface area (Å²) in [6, 6.07) is 6.96. The Kier molecular flexibility index (Phi) is 9.62. The summed E-state index contributed by atoms with van der Waals surface area (Å²) < 4.78 is 28.1. The lowest BCUT2D eigenvalue weighted by molar-refractivity contribution is -0.122. The van der Waals surface area contributed by atoms with E-state index in [1.165, 1.54) is 14.2 Å². The molecule has 5 rings (SSSR count). The molecule has 0 bridgehead atoms. The fourth-order valence-corrected chi connectivity index (χ4v) is 6.54. The lowest BCUT2D eigenvalue weighted by Crippen LogP contribution is -2.44. The van der Waals surface area contributed by atoms with E-state index in [9.17, 15) is 15.0 Å². The third-order valence-electron chi connectivity index (χ3n) is 8.77. The molecule has 1 saturated heterocycles. The minimum atomic E-state index is -1.06. The monoisotopic (exact) mass is 585 g/mol. The lowest BCUT2D eigenvalue weighted by atomic mass is 9.65. The maximum Gasteiger partial charge on any atom is 0.231 e. The number of aliphatic hydroxyl groups excluding tert-OH is 1. The number of hydrogen-bond donors (Lipinski definition) is 4. The van der Waals surface area contributed by atoms with Crippen LogP contribution in [0.2, 0.25) is 0 Å². The van der Waals surface area contributed by atoms with Gasteiger partial charge in [0, 0.05) is 30.7 Å². The third kappa shape index (κ3) is 5.96. The highest BCUT2D eigenvalue weighted by atomic mass is 16.7. The number of methoxy groups -OCH3 is 2. The van der Waals surface area contributed by atoms with E-state index in [2.05, 4.69) is 29.4 Å². The number of ether oxygens (including phenoxy) is 5. The summed E-state index contributed by atoms with van der Waals surface area (Å²) in [7, 11) is 2.96. The highest BCUT2D eigenvalue weighted by molar-refractivity contribution is 5.77. The number of aliphatic hydroxyl groups is 1. The molecule has 3 aliphatic rings. The van der Waals surface area contributed by atoms with Gasteiger partial charge in [0.1, 0.15) is 0 Å². The van der Waals surface area contributed by atoms with Gasteiger partial charge in [0.2, 0.25) is 18.4 Å². The Morgan fingerprint density at radius 3 is 2.33 bits per heavy atom. The summed E-state index contributed by atoms with van der Waals surface area (Å²) in [6.45, 7) is 9.26. The largest absolute Gasteiger partial charge is 0.502 e. The number of fused-ring (bicyclic) bond motifs is 3. The molecule has 1 unspecified atom stereocenters. The van der Waals surface area contributed by atoms with Gasteiger partial charge in [-0.05, 0) is 73.6 Å². The number of phenols is 1. The van der Waals surface area contributed by atoms with Crippen LogP contribution >= 0.6 is 0 Å². The Bertz CT molecular complexity index is 1230. The lowest BCUT2D eigenvalue weighted by Gasteiger charge is -2.41. The van der Waals surface area contributed by atoms with Gasteiger partial charge >= 0.3 is 0 Å². The summed E-state index contributed by atoms with van der Waals surface area (Å²) in [4.78, 5) is 15.6. The highest BCUT2D eigenvalue weighted by Gasteiger charge is 2.52. The first-order chi connectivity index (χ1) is 20.4. The van der Waals surface area contributed by atoms with Crippen LogP contribution in [-0.4, -0.2) is 87.7 Å². The Balaban J connectivity index is 1.40. The Morgan fingerprint density at radius 1 is 1.02 bits per heavy atom. The molecule has 0 spiro atoms. The second-order valence-electron chi connectivity index (χ2n) is 11.0. The van der Waals surface area contributed by atoms with Crippen LogP contribution < -0.4 is 29.6 Å². The second kappa shape index (κ2) is 13.4. The molecule has 42 heavy (non-hydrogen) atoms. The van der Waals surface area contributed by atoms with Crippen LogP contribution in [0.1, 0.15) is 55.3 Å². The summed E-state index contributed by atoms with van der Waals surface area (Å²) in [5.74, 6) is 0.593. The van der Waals surface area contributed by atoms with E-state index >= 15 is 0 Å². The molecule has 11 heteroatoms. The van der Waals surface area contributed by atoms with Crippen molar-refractivity contribution in [2.24, 2.45) is 11.8 Å². The number of rotatable bonds is 13. The predicted octanol–water partition coefficient (Wildman–Crippen LogP) is 2.73. The number of carbonyl (C=O) groups is 1. The topological polar surface area (TPSA) is 131 Å². The zero-order valence-corrected chi connectivity index (χ0v) is 24.9. The number of amides is 1. The van der Waals surface area contributed by atoms with Crippen molar-refractivity contribution in [1.82, 2.24) is 15.5 Å². The van der Waals surface area contributed by atoms with Gasteiger partial charge in [0.25, 0.3) is 0 Å². The number of aromatic hydroxyl groups is 1. The molecular weight excluding hydrogens is 542 g/mol.